The first-order valence-corrected chi connectivity index (χ1v) is 5.29. The zero-order chi connectivity index (χ0) is 9.90. The number of rotatable bonds is 3. The lowest BCUT2D eigenvalue weighted by Crippen LogP contribution is -2.25. The standard InChI is InChI=1S/C11H15BrO/c1-3-11(2,13)8-9-4-6-10(12)7-5-9/h4-7,13H,3,8H2,1-2H3. The second kappa shape index (κ2) is 4.25. The first-order chi connectivity index (χ1) is 6.03. The van der Waals surface area contributed by atoms with Crippen LogP contribution in [0, 0.1) is 0 Å². The molecule has 1 rings (SSSR count). The van der Waals surface area contributed by atoms with Crippen molar-refractivity contribution in [1.29, 1.82) is 0 Å². The van der Waals surface area contributed by atoms with E-state index in [1.165, 1.54) is 5.56 Å². The lowest BCUT2D eigenvalue weighted by atomic mass is 9.94. The van der Waals surface area contributed by atoms with E-state index in [1.54, 1.807) is 0 Å². The molecule has 0 spiro atoms. The summed E-state index contributed by atoms with van der Waals surface area (Å²) in [4.78, 5) is 0. The average molecular weight is 243 g/mol. The maximum absolute atomic E-state index is 9.83. The molecule has 72 valence electrons. The van der Waals surface area contributed by atoms with Gasteiger partial charge in [0.2, 0.25) is 0 Å². The van der Waals surface area contributed by atoms with Crippen LogP contribution in [-0.2, 0) is 6.42 Å². The molecule has 1 nitrogen and oxygen atoms in total. The van der Waals surface area contributed by atoms with E-state index in [1.807, 2.05) is 38.1 Å². The van der Waals surface area contributed by atoms with Gasteiger partial charge in [-0.15, -0.1) is 0 Å². The molecular formula is C11H15BrO. The van der Waals surface area contributed by atoms with Gasteiger partial charge in [0.25, 0.3) is 0 Å². The fourth-order valence-electron chi connectivity index (χ4n) is 1.17. The minimum Gasteiger partial charge on any atom is -0.390 e. The zero-order valence-electron chi connectivity index (χ0n) is 8.05. The Morgan fingerprint density at radius 2 is 1.85 bits per heavy atom. The Bertz CT molecular complexity index is 264. The highest BCUT2D eigenvalue weighted by Gasteiger charge is 2.17. The molecule has 1 aromatic carbocycles. The van der Waals surface area contributed by atoms with Gasteiger partial charge in [-0.25, -0.2) is 0 Å². The van der Waals surface area contributed by atoms with Crippen LogP contribution in [0.25, 0.3) is 0 Å². The van der Waals surface area contributed by atoms with Gasteiger partial charge in [0.15, 0.2) is 0 Å². The molecule has 13 heavy (non-hydrogen) atoms. The summed E-state index contributed by atoms with van der Waals surface area (Å²) in [5.74, 6) is 0. The van der Waals surface area contributed by atoms with Crippen molar-refractivity contribution in [3.63, 3.8) is 0 Å². The van der Waals surface area contributed by atoms with E-state index in [0.717, 1.165) is 17.3 Å². The summed E-state index contributed by atoms with van der Waals surface area (Å²) in [6, 6.07) is 8.07. The fourth-order valence-corrected chi connectivity index (χ4v) is 1.43. The van der Waals surface area contributed by atoms with E-state index < -0.39 is 5.60 Å². The van der Waals surface area contributed by atoms with Gasteiger partial charge in [0.1, 0.15) is 0 Å². The van der Waals surface area contributed by atoms with Crippen LogP contribution >= 0.6 is 15.9 Å². The minimum atomic E-state index is -0.576. The topological polar surface area (TPSA) is 20.2 Å². The van der Waals surface area contributed by atoms with Crippen LogP contribution in [-0.4, -0.2) is 10.7 Å². The first kappa shape index (κ1) is 10.7. The van der Waals surface area contributed by atoms with E-state index in [9.17, 15) is 5.11 Å². The fraction of sp³-hybridized carbons (Fsp3) is 0.455. The third kappa shape index (κ3) is 3.49. The Morgan fingerprint density at radius 1 is 1.31 bits per heavy atom. The summed E-state index contributed by atoms with van der Waals surface area (Å²) >= 11 is 3.38. The highest BCUT2D eigenvalue weighted by atomic mass is 79.9. The summed E-state index contributed by atoms with van der Waals surface area (Å²) < 4.78 is 1.08. The van der Waals surface area contributed by atoms with E-state index in [-0.39, 0.29) is 0 Å². The molecule has 0 radical (unpaired) electrons. The van der Waals surface area contributed by atoms with E-state index >= 15 is 0 Å². The van der Waals surface area contributed by atoms with Crippen molar-refractivity contribution >= 4 is 15.9 Å². The Kier molecular flexibility index (Phi) is 3.51. The predicted octanol–water partition coefficient (Wildman–Crippen LogP) is 3.15. The van der Waals surface area contributed by atoms with E-state index in [0.29, 0.717) is 0 Å². The number of aliphatic hydroxyl groups is 1. The van der Waals surface area contributed by atoms with Crippen LogP contribution in [0.2, 0.25) is 0 Å². The molecule has 0 amide bonds. The van der Waals surface area contributed by atoms with Crippen molar-refractivity contribution < 1.29 is 5.11 Å². The van der Waals surface area contributed by atoms with Crippen LogP contribution in [0.3, 0.4) is 0 Å². The molecule has 0 aromatic heterocycles. The van der Waals surface area contributed by atoms with Crippen molar-refractivity contribution in [2.24, 2.45) is 0 Å². The van der Waals surface area contributed by atoms with E-state index in [2.05, 4.69) is 15.9 Å². The second-order valence-corrected chi connectivity index (χ2v) is 4.57. The first-order valence-electron chi connectivity index (χ1n) is 4.50. The molecule has 1 unspecified atom stereocenters. The molecule has 2 heteroatoms. The SMILES string of the molecule is CCC(C)(O)Cc1ccc(Br)cc1. The number of benzene rings is 1. The van der Waals surface area contributed by atoms with Gasteiger partial charge in [-0.05, 0) is 31.0 Å². The quantitative estimate of drug-likeness (QED) is 0.864. The molecular weight excluding hydrogens is 228 g/mol. The van der Waals surface area contributed by atoms with Gasteiger partial charge in [-0.2, -0.15) is 0 Å². The molecule has 0 aliphatic heterocycles. The highest BCUT2D eigenvalue weighted by molar-refractivity contribution is 9.10. The summed E-state index contributed by atoms with van der Waals surface area (Å²) in [6.45, 7) is 3.87. The Balaban J connectivity index is 2.69. The molecule has 0 saturated carbocycles. The Hall–Kier alpha value is -0.340. The third-order valence-corrected chi connectivity index (χ3v) is 2.79. The Labute approximate surface area is 87.9 Å². The van der Waals surface area contributed by atoms with Crippen molar-refractivity contribution in [3.8, 4) is 0 Å². The summed E-state index contributed by atoms with van der Waals surface area (Å²) in [5, 5.41) is 9.83. The van der Waals surface area contributed by atoms with Crippen LogP contribution < -0.4 is 0 Å². The lowest BCUT2D eigenvalue weighted by molar-refractivity contribution is 0.0564. The van der Waals surface area contributed by atoms with Crippen LogP contribution in [0.5, 0.6) is 0 Å². The smallest absolute Gasteiger partial charge is 0.0657 e. The van der Waals surface area contributed by atoms with Crippen molar-refractivity contribution in [3.05, 3.63) is 34.3 Å². The molecule has 0 heterocycles. The maximum Gasteiger partial charge on any atom is 0.0657 e. The molecule has 0 aliphatic carbocycles. The lowest BCUT2D eigenvalue weighted by Gasteiger charge is -2.21. The third-order valence-electron chi connectivity index (χ3n) is 2.26. The predicted molar refractivity (Wildman–Crippen MR) is 58.8 cm³/mol. The van der Waals surface area contributed by atoms with Crippen molar-refractivity contribution in [2.45, 2.75) is 32.3 Å². The largest absolute Gasteiger partial charge is 0.390 e. The minimum absolute atomic E-state index is 0.576. The summed E-state index contributed by atoms with van der Waals surface area (Å²) in [6.07, 6.45) is 1.50. The van der Waals surface area contributed by atoms with Gasteiger partial charge in [0, 0.05) is 10.9 Å². The molecule has 0 aliphatic rings. The number of hydrogen-bond acceptors (Lipinski definition) is 1. The summed E-state index contributed by atoms with van der Waals surface area (Å²) in [5.41, 5.74) is 0.600. The molecule has 1 atom stereocenters. The number of halogens is 1. The van der Waals surface area contributed by atoms with Crippen molar-refractivity contribution in [1.82, 2.24) is 0 Å². The highest BCUT2D eigenvalue weighted by Crippen LogP contribution is 2.18. The summed E-state index contributed by atoms with van der Waals surface area (Å²) in [7, 11) is 0. The Morgan fingerprint density at radius 3 is 2.31 bits per heavy atom. The molecule has 0 fully saturated rings. The van der Waals surface area contributed by atoms with Crippen LogP contribution in [0.15, 0.2) is 28.7 Å². The number of hydrogen-bond donors (Lipinski definition) is 1. The van der Waals surface area contributed by atoms with Crippen molar-refractivity contribution in [2.75, 3.05) is 0 Å². The monoisotopic (exact) mass is 242 g/mol. The van der Waals surface area contributed by atoms with Gasteiger partial charge < -0.3 is 5.11 Å². The van der Waals surface area contributed by atoms with Gasteiger partial charge in [-0.3, -0.25) is 0 Å². The molecule has 0 saturated heterocycles. The van der Waals surface area contributed by atoms with E-state index in [4.69, 9.17) is 0 Å². The van der Waals surface area contributed by atoms with Gasteiger partial charge in [0.05, 0.1) is 5.60 Å². The molecule has 1 aromatic rings. The van der Waals surface area contributed by atoms with Crippen LogP contribution in [0.4, 0.5) is 0 Å². The van der Waals surface area contributed by atoms with Crippen LogP contribution in [0.1, 0.15) is 25.8 Å². The average Bonchev–Trinajstić information content (AvgIpc) is 2.09. The molecule has 1 N–H and O–H groups in total. The maximum atomic E-state index is 9.83. The molecule has 0 bridgehead atoms. The second-order valence-electron chi connectivity index (χ2n) is 3.65. The van der Waals surface area contributed by atoms with Gasteiger partial charge >= 0.3 is 0 Å². The normalized spacial score (nSPS) is 15.4. The zero-order valence-corrected chi connectivity index (χ0v) is 9.63. The van der Waals surface area contributed by atoms with Gasteiger partial charge in [-0.1, -0.05) is 35.0 Å².